The van der Waals surface area contributed by atoms with E-state index in [-0.39, 0.29) is 17.6 Å². The average Bonchev–Trinajstić information content (AvgIpc) is 3.18. The van der Waals surface area contributed by atoms with Crippen molar-refractivity contribution in [2.75, 3.05) is 12.8 Å². The van der Waals surface area contributed by atoms with Crippen LogP contribution in [0.3, 0.4) is 0 Å². The Hall–Kier alpha value is -1.66. The first-order valence-corrected chi connectivity index (χ1v) is 12.0. The quantitative estimate of drug-likeness (QED) is 0.640. The van der Waals surface area contributed by atoms with E-state index in [0.717, 1.165) is 48.4 Å². The minimum atomic E-state index is -0.260. The van der Waals surface area contributed by atoms with E-state index >= 15 is 0 Å². The van der Waals surface area contributed by atoms with Crippen molar-refractivity contribution >= 4 is 33.9 Å². The molecule has 0 bridgehead atoms. The third-order valence-corrected chi connectivity index (χ3v) is 7.75. The predicted octanol–water partition coefficient (Wildman–Crippen LogP) is 5.73. The molecule has 0 saturated carbocycles. The predicted molar refractivity (Wildman–Crippen MR) is 115 cm³/mol. The molecule has 4 rings (SSSR count). The number of carbonyl (C=O) groups excluding carboxylic acids is 1. The van der Waals surface area contributed by atoms with Gasteiger partial charge in [0.1, 0.15) is 5.82 Å². The summed E-state index contributed by atoms with van der Waals surface area (Å²) in [6.45, 7) is 2.74. The van der Waals surface area contributed by atoms with Crippen LogP contribution in [-0.2, 0) is 6.42 Å². The zero-order chi connectivity index (χ0) is 19.7. The van der Waals surface area contributed by atoms with E-state index in [1.54, 1.807) is 29.2 Å². The highest BCUT2D eigenvalue weighted by Crippen LogP contribution is 2.37. The second kappa shape index (κ2) is 8.37. The Kier molecular flexibility index (Phi) is 5.88. The Morgan fingerprint density at radius 3 is 3.00 bits per heavy atom. The zero-order valence-electron chi connectivity index (χ0n) is 16.3. The van der Waals surface area contributed by atoms with Gasteiger partial charge in [-0.2, -0.15) is 0 Å². The van der Waals surface area contributed by atoms with Gasteiger partial charge < -0.3 is 4.90 Å². The Morgan fingerprint density at radius 1 is 1.36 bits per heavy atom. The van der Waals surface area contributed by atoms with Crippen molar-refractivity contribution in [2.45, 2.75) is 51.0 Å². The third-order valence-electron chi connectivity index (χ3n) is 5.85. The number of thiazole rings is 1. The van der Waals surface area contributed by atoms with E-state index in [9.17, 15) is 9.18 Å². The highest BCUT2D eigenvalue weighted by molar-refractivity contribution is 8.07. The maximum Gasteiger partial charge on any atom is 0.254 e. The fraction of sp³-hybridized carbons (Fsp3) is 0.455. The second-order valence-electron chi connectivity index (χ2n) is 7.51. The number of thioether (sulfide) groups is 1. The van der Waals surface area contributed by atoms with E-state index in [0.29, 0.717) is 18.2 Å². The minimum Gasteiger partial charge on any atom is -0.335 e. The lowest BCUT2D eigenvalue weighted by Crippen LogP contribution is -2.47. The number of aryl methyl sites for hydroxylation is 1. The largest absolute Gasteiger partial charge is 0.335 e. The summed E-state index contributed by atoms with van der Waals surface area (Å²) < 4.78 is 13.7. The topological polar surface area (TPSA) is 33.2 Å². The molecule has 2 unspecified atom stereocenters. The summed E-state index contributed by atoms with van der Waals surface area (Å²) in [5.41, 5.74) is 2.56. The van der Waals surface area contributed by atoms with Crippen LogP contribution in [0.1, 0.15) is 65.1 Å². The number of nitrogens with zero attached hydrogens (tertiary/aromatic N) is 2. The molecule has 6 heteroatoms. The van der Waals surface area contributed by atoms with Gasteiger partial charge in [0.05, 0.1) is 10.7 Å². The van der Waals surface area contributed by atoms with Gasteiger partial charge in [0.15, 0.2) is 0 Å². The summed E-state index contributed by atoms with van der Waals surface area (Å²) in [5, 5.41) is 3.25. The summed E-state index contributed by atoms with van der Waals surface area (Å²) in [5.74, 6) is 0.0748. The number of amides is 1. The highest BCUT2D eigenvalue weighted by atomic mass is 32.2. The number of hydrogen-bond acceptors (Lipinski definition) is 4. The number of benzene rings is 1. The molecule has 1 amide bonds. The van der Waals surface area contributed by atoms with E-state index in [2.05, 4.69) is 17.7 Å². The van der Waals surface area contributed by atoms with Gasteiger partial charge in [0.25, 0.3) is 5.91 Å². The first-order valence-electron chi connectivity index (χ1n) is 9.86. The molecule has 0 N–H and O–H groups in total. The van der Waals surface area contributed by atoms with Crippen LogP contribution in [0.15, 0.2) is 29.7 Å². The molecule has 0 aliphatic carbocycles. The van der Waals surface area contributed by atoms with Gasteiger partial charge in [0, 0.05) is 34.4 Å². The lowest BCUT2D eigenvalue weighted by Gasteiger charge is -2.40. The SMILES string of the molecule is CC=C(SC)c1csc(C2CCC3CCCc4cc(F)ccc4C(=O)N3C2)n1. The molecule has 2 atom stereocenters. The molecular weight excluding hydrogens is 391 g/mol. The number of carbonyl (C=O) groups is 1. The van der Waals surface area contributed by atoms with Crippen molar-refractivity contribution in [3.05, 3.63) is 57.3 Å². The molecule has 0 radical (unpaired) electrons. The number of fused-ring (bicyclic) bond motifs is 2. The van der Waals surface area contributed by atoms with Crippen LogP contribution in [0.2, 0.25) is 0 Å². The van der Waals surface area contributed by atoms with Crippen molar-refractivity contribution in [1.82, 2.24) is 9.88 Å². The smallest absolute Gasteiger partial charge is 0.254 e. The molecule has 2 aliphatic heterocycles. The molecule has 148 valence electrons. The summed E-state index contributed by atoms with van der Waals surface area (Å²) in [6, 6.07) is 4.89. The van der Waals surface area contributed by atoms with E-state index in [4.69, 9.17) is 4.98 Å². The monoisotopic (exact) mass is 416 g/mol. The number of piperidine rings is 1. The normalized spacial score (nSPS) is 23.0. The van der Waals surface area contributed by atoms with Crippen molar-refractivity contribution < 1.29 is 9.18 Å². The second-order valence-corrected chi connectivity index (χ2v) is 9.25. The molecule has 1 aromatic carbocycles. The van der Waals surface area contributed by atoms with Gasteiger partial charge >= 0.3 is 0 Å². The van der Waals surface area contributed by atoms with Crippen LogP contribution in [-0.4, -0.2) is 34.6 Å². The van der Waals surface area contributed by atoms with E-state index in [1.807, 2.05) is 11.8 Å². The van der Waals surface area contributed by atoms with Gasteiger partial charge in [-0.15, -0.1) is 23.1 Å². The van der Waals surface area contributed by atoms with Crippen molar-refractivity contribution in [3.63, 3.8) is 0 Å². The summed E-state index contributed by atoms with van der Waals surface area (Å²) in [7, 11) is 0. The maximum atomic E-state index is 13.7. The molecule has 28 heavy (non-hydrogen) atoms. The lowest BCUT2D eigenvalue weighted by atomic mass is 9.86. The first-order chi connectivity index (χ1) is 13.6. The Labute approximate surface area is 174 Å². The van der Waals surface area contributed by atoms with Gasteiger partial charge in [-0.3, -0.25) is 4.79 Å². The van der Waals surface area contributed by atoms with Crippen LogP contribution < -0.4 is 0 Å². The summed E-state index contributed by atoms with van der Waals surface area (Å²) in [6.07, 6.45) is 9.02. The minimum absolute atomic E-state index is 0.0550. The molecule has 2 aromatic rings. The molecule has 3 nitrogen and oxygen atoms in total. The molecule has 3 heterocycles. The standard InChI is InChI=1S/C22H25FN2OS2/c1-3-20(27-2)19-13-28-21(24-19)15-7-9-17-6-4-5-14-11-16(23)8-10-18(14)22(26)25(17)12-15/h3,8,10-11,13,15,17H,4-7,9,12H2,1-2H3. The van der Waals surface area contributed by atoms with Gasteiger partial charge in [0.2, 0.25) is 0 Å². The molecule has 1 fully saturated rings. The van der Waals surface area contributed by atoms with Crippen LogP contribution in [0, 0.1) is 5.82 Å². The van der Waals surface area contributed by atoms with Crippen LogP contribution in [0.4, 0.5) is 4.39 Å². The zero-order valence-corrected chi connectivity index (χ0v) is 17.9. The number of rotatable bonds is 3. The third kappa shape index (κ3) is 3.77. The van der Waals surface area contributed by atoms with Gasteiger partial charge in [-0.1, -0.05) is 6.08 Å². The molecule has 1 aromatic heterocycles. The fourth-order valence-corrected chi connectivity index (χ4v) is 5.97. The molecular formula is C22H25FN2OS2. The lowest BCUT2D eigenvalue weighted by molar-refractivity contribution is 0.0560. The van der Waals surface area contributed by atoms with Crippen LogP contribution in [0.5, 0.6) is 0 Å². The van der Waals surface area contributed by atoms with Gasteiger partial charge in [-0.25, -0.2) is 9.37 Å². The average molecular weight is 417 g/mol. The number of aromatic nitrogens is 1. The van der Waals surface area contributed by atoms with Gasteiger partial charge in [-0.05, 0) is 69.0 Å². The Morgan fingerprint density at radius 2 is 2.21 bits per heavy atom. The fourth-order valence-electron chi connectivity index (χ4n) is 4.40. The molecule has 1 saturated heterocycles. The molecule has 0 spiro atoms. The van der Waals surface area contributed by atoms with Crippen LogP contribution in [0.25, 0.3) is 4.91 Å². The van der Waals surface area contributed by atoms with E-state index in [1.165, 1.54) is 17.0 Å². The first kappa shape index (κ1) is 19.6. The van der Waals surface area contributed by atoms with Crippen LogP contribution >= 0.6 is 23.1 Å². The highest BCUT2D eigenvalue weighted by Gasteiger charge is 2.35. The number of allylic oxidation sites excluding steroid dienone is 1. The number of halogens is 1. The summed E-state index contributed by atoms with van der Waals surface area (Å²) in [4.78, 5) is 21.4. The number of hydrogen-bond donors (Lipinski definition) is 0. The van der Waals surface area contributed by atoms with E-state index < -0.39 is 0 Å². The Bertz CT molecular complexity index is 908. The van der Waals surface area contributed by atoms with Crippen molar-refractivity contribution in [1.29, 1.82) is 0 Å². The molecule has 2 aliphatic rings. The van der Waals surface area contributed by atoms with Crippen molar-refractivity contribution in [3.8, 4) is 0 Å². The maximum absolute atomic E-state index is 13.7. The Balaban J connectivity index is 1.59. The van der Waals surface area contributed by atoms with Crippen molar-refractivity contribution in [2.24, 2.45) is 0 Å². The summed E-state index contributed by atoms with van der Waals surface area (Å²) >= 11 is 3.41.